The summed E-state index contributed by atoms with van der Waals surface area (Å²) in [5, 5.41) is 0. The minimum absolute atomic E-state index is 0.332. The van der Waals surface area contributed by atoms with Gasteiger partial charge in [0, 0.05) is 18.6 Å². The molecule has 0 aromatic heterocycles. The van der Waals surface area contributed by atoms with Crippen LogP contribution in [0.5, 0.6) is 0 Å². The first-order valence-electron chi connectivity index (χ1n) is 4.42. The van der Waals surface area contributed by atoms with Gasteiger partial charge in [-0.2, -0.15) is 0 Å². The zero-order chi connectivity index (χ0) is 8.48. The molecule has 1 aliphatic rings. The second-order valence-corrected chi connectivity index (χ2v) is 4.48. The number of nitrogens with zero attached hydrogens (tertiary/aromatic N) is 1. The van der Waals surface area contributed by atoms with Gasteiger partial charge < -0.3 is 0 Å². The van der Waals surface area contributed by atoms with Crippen molar-refractivity contribution in [2.45, 2.75) is 33.2 Å². The zero-order valence-corrected chi connectivity index (χ0v) is 8.09. The summed E-state index contributed by atoms with van der Waals surface area (Å²) in [5.41, 5.74) is 0.332. The van der Waals surface area contributed by atoms with Crippen LogP contribution in [0.4, 0.5) is 0 Å². The van der Waals surface area contributed by atoms with Crippen LogP contribution in [0, 0.1) is 5.92 Å². The molecule has 1 aliphatic heterocycles. The molecule has 0 spiro atoms. The normalized spacial score (nSPS) is 27.5. The van der Waals surface area contributed by atoms with Gasteiger partial charge in [-0.1, -0.05) is 19.1 Å². The molecule has 0 aliphatic carbocycles. The van der Waals surface area contributed by atoms with E-state index in [1.54, 1.807) is 0 Å². The Morgan fingerprint density at radius 3 is 2.36 bits per heavy atom. The smallest absolute Gasteiger partial charge is 0.0168 e. The van der Waals surface area contributed by atoms with Crippen LogP contribution in [0.3, 0.4) is 0 Å². The van der Waals surface area contributed by atoms with Crippen LogP contribution in [0.25, 0.3) is 0 Å². The highest BCUT2D eigenvalue weighted by atomic mass is 15.2. The maximum atomic E-state index is 2.51. The summed E-state index contributed by atoms with van der Waals surface area (Å²) < 4.78 is 0. The van der Waals surface area contributed by atoms with Crippen LogP contribution in [0.15, 0.2) is 12.2 Å². The van der Waals surface area contributed by atoms with Gasteiger partial charge in [-0.25, -0.2) is 0 Å². The molecule has 0 bridgehead atoms. The molecule has 1 atom stereocenters. The topological polar surface area (TPSA) is 3.24 Å². The maximum Gasteiger partial charge on any atom is 0.0168 e. The molecule has 0 amide bonds. The van der Waals surface area contributed by atoms with Crippen LogP contribution in [0.2, 0.25) is 0 Å². The molecule has 1 rings (SSSR count). The van der Waals surface area contributed by atoms with E-state index in [-0.39, 0.29) is 0 Å². The Kier molecular flexibility index (Phi) is 2.38. The molecule has 1 nitrogen and oxygen atoms in total. The van der Waals surface area contributed by atoms with Gasteiger partial charge >= 0.3 is 0 Å². The van der Waals surface area contributed by atoms with Gasteiger partial charge in [-0.15, -0.1) is 0 Å². The van der Waals surface area contributed by atoms with E-state index in [0.29, 0.717) is 5.54 Å². The summed E-state index contributed by atoms with van der Waals surface area (Å²) in [6.45, 7) is 11.4. The lowest BCUT2D eigenvalue weighted by atomic mass is 10.00. The van der Waals surface area contributed by atoms with Crippen molar-refractivity contribution in [3.05, 3.63) is 12.2 Å². The summed E-state index contributed by atoms with van der Waals surface area (Å²) in [7, 11) is 0. The highest BCUT2D eigenvalue weighted by molar-refractivity contribution is 4.98. The lowest BCUT2D eigenvalue weighted by Crippen LogP contribution is -2.45. The number of hydrogen-bond acceptors (Lipinski definition) is 1. The van der Waals surface area contributed by atoms with E-state index in [4.69, 9.17) is 0 Å². The molecule has 1 heteroatoms. The first-order valence-corrected chi connectivity index (χ1v) is 4.42. The third-order valence-corrected chi connectivity index (χ3v) is 2.25. The zero-order valence-electron chi connectivity index (χ0n) is 8.09. The van der Waals surface area contributed by atoms with Crippen molar-refractivity contribution in [2.75, 3.05) is 13.1 Å². The largest absolute Gasteiger partial charge is 0.294 e. The Labute approximate surface area is 70.1 Å². The molecule has 1 heterocycles. The quantitative estimate of drug-likeness (QED) is 0.483. The van der Waals surface area contributed by atoms with Gasteiger partial charge in [0.15, 0.2) is 0 Å². The third-order valence-electron chi connectivity index (χ3n) is 2.25. The molecule has 0 aromatic carbocycles. The van der Waals surface area contributed by atoms with E-state index in [1.807, 2.05) is 0 Å². The van der Waals surface area contributed by atoms with Crippen LogP contribution in [0.1, 0.15) is 27.7 Å². The molecular weight excluding hydrogens is 134 g/mol. The average molecular weight is 153 g/mol. The van der Waals surface area contributed by atoms with E-state index in [2.05, 4.69) is 44.7 Å². The highest BCUT2D eigenvalue weighted by Gasteiger charge is 2.22. The highest BCUT2D eigenvalue weighted by Crippen LogP contribution is 2.18. The molecule has 0 aromatic rings. The number of hydrogen-bond donors (Lipinski definition) is 0. The summed E-state index contributed by atoms with van der Waals surface area (Å²) in [6, 6.07) is 0. The van der Waals surface area contributed by atoms with E-state index < -0.39 is 0 Å². The Morgan fingerprint density at radius 2 is 2.00 bits per heavy atom. The first kappa shape index (κ1) is 8.79. The van der Waals surface area contributed by atoms with Gasteiger partial charge in [-0.3, -0.25) is 4.90 Å². The predicted molar refractivity (Wildman–Crippen MR) is 49.6 cm³/mol. The van der Waals surface area contributed by atoms with Gasteiger partial charge in [0.1, 0.15) is 0 Å². The second-order valence-electron chi connectivity index (χ2n) is 4.48. The average Bonchev–Trinajstić information content (AvgIpc) is 1.86. The third kappa shape index (κ3) is 2.33. The Balaban J connectivity index is 2.57. The van der Waals surface area contributed by atoms with Crippen molar-refractivity contribution in [3.8, 4) is 0 Å². The van der Waals surface area contributed by atoms with E-state index in [1.165, 1.54) is 6.54 Å². The minimum Gasteiger partial charge on any atom is -0.294 e. The second kappa shape index (κ2) is 2.98. The monoisotopic (exact) mass is 153 g/mol. The van der Waals surface area contributed by atoms with Crippen molar-refractivity contribution in [1.82, 2.24) is 4.90 Å². The fourth-order valence-corrected chi connectivity index (χ4v) is 1.45. The van der Waals surface area contributed by atoms with Gasteiger partial charge in [0.2, 0.25) is 0 Å². The standard InChI is InChI=1S/C10H19N/c1-9-6-5-7-11(8-9)10(2,3)4/h5-6,9H,7-8H2,1-4H3. The summed E-state index contributed by atoms with van der Waals surface area (Å²) in [4.78, 5) is 2.51. The van der Waals surface area contributed by atoms with Crippen LogP contribution in [-0.4, -0.2) is 23.5 Å². The molecule has 0 radical (unpaired) electrons. The van der Waals surface area contributed by atoms with Gasteiger partial charge in [-0.05, 0) is 26.7 Å². The lowest BCUT2D eigenvalue weighted by molar-refractivity contribution is 0.134. The van der Waals surface area contributed by atoms with Crippen LogP contribution in [-0.2, 0) is 0 Å². The Bertz CT molecular complexity index is 153. The van der Waals surface area contributed by atoms with E-state index in [9.17, 15) is 0 Å². The van der Waals surface area contributed by atoms with Gasteiger partial charge in [0.05, 0.1) is 0 Å². The van der Waals surface area contributed by atoms with Crippen LogP contribution < -0.4 is 0 Å². The predicted octanol–water partition coefficient (Wildman–Crippen LogP) is 2.29. The number of rotatable bonds is 0. The van der Waals surface area contributed by atoms with Gasteiger partial charge in [0.25, 0.3) is 0 Å². The minimum atomic E-state index is 0.332. The summed E-state index contributed by atoms with van der Waals surface area (Å²) >= 11 is 0. The summed E-state index contributed by atoms with van der Waals surface area (Å²) in [6.07, 6.45) is 4.58. The molecule has 0 fully saturated rings. The Morgan fingerprint density at radius 1 is 1.36 bits per heavy atom. The van der Waals surface area contributed by atoms with Crippen LogP contribution >= 0.6 is 0 Å². The molecule has 0 N–H and O–H groups in total. The summed E-state index contributed by atoms with van der Waals surface area (Å²) in [5.74, 6) is 0.725. The van der Waals surface area contributed by atoms with Crippen molar-refractivity contribution >= 4 is 0 Å². The van der Waals surface area contributed by atoms with Crippen molar-refractivity contribution in [2.24, 2.45) is 5.92 Å². The molecule has 11 heavy (non-hydrogen) atoms. The molecule has 1 unspecified atom stereocenters. The fraction of sp³-hybridized carbons (Fsp3) is 0.800. The van der Waals surface area contributed by atoms with Crippen molar-refractivity contribution in [1.29, 1.82) is 0 Å². The lowest BCUT2D eigenvalue weighted by Gasteiger charge is -2.38. The van der Waals surface area contributed by atoms with E-state index in [0.717, 1.165) is 12.5 Å². The maximum absolute atomic E-state index is 2.51. The molecule has 0 saturated heterocycles. The SMILES string of the molecule is CC1C=CCN(C(C)(C)C)C1. The molecular formula is C10H19N. The molecule has 64 valence electrons. The molecule has 0 saturated carbocycles. The van der Waals surface area contributed by atoms with Crippen molar-refractivity contribution in [3.63, 3.8) is 0 Å². The first-order chi connectivity index (χ1) is 5.00. The Hall–Kier alpha value is -0.300. The van der Waals surface area contributed by atoms with Crippen molar-refractivity contribution < 1.29 is 0 Å². The van der Waals surface area contributed by atoms with E-state index >= 15 is 0 Å². The fourth-order valence-electron chi connectivity index (χ4n) is 1.45.